The Morgan fingerprint density at radius 1 is 1.04 bits per heavy atom. The van der Waals surface area contributed by atoms with E-state index in [1.54, 1.807) is 12.4 Å². The molecule has 0 saturated heterocycles. The van der Waals surface area contributed by atoms with Crippen molar-refractivity contribution in [3.63, 3.8) is 0 Å². The second kappa shape index (κ2) is 5.45. The molecule has 0 atom stereocenters. The fourth-order valence-electron chi connectivity index (χ4n) is 3.00. The van der Waals surface area contributed by atoms with Gasteiger partial charge >= 0.3 is 0 Å². The highest BCUT2D eigenvalue weighted by atomic mass is 16.2. The molecule has 0 bridgehead atoms. The van der Waals surface area contributed by atoms with Gasteiger partial charge in [-0.3, -0.25) is 4.79 Å². The van der Waals surface area contributed by atoms with E-state index >= 15 is 0 Å². The molecular weight excluding hydrogens is 300 g/mol. The molecule has 0 aliphatic carbocycles. The van der Waals surface area contributed by atoms with Gasteiger partial charge in [0.25, 0.3) is 5.91 Å². The zero-order valence-electron chi connectivity index (χ0n) is 13.4. The molecule has 5 heteroatoms. The van der Waals surface area contributed by atoms with Crippen LogP contribution in [0.25, 0.3) is 22.8 Å². The lowest BCUT2D eigenvalue weighted by Crippen LogP contribution is -2.03. The van der Waals surface area contributed by atoms with Crippen LogP contribution in [0.5, 0.6) is 0 Å². The maximum atomic E-state index is 12.4. The number of nitrogens with one attached hydrogen (secondary N) is 2. The summed E-state index contributed by atoms with van der Waals surface area (Å²) in [5.74, 6) is -0.0851. The van der Waals surface area contributed by atoms with Gasteiger partial charge in [-0.15, -0.1) is 0 Å². The largest absolute Gasteiger partial charge is 0.359 e. The van der Waals surface area contributed by atoms with Crippen molar-refractivity contribution in [2.45, 2.75) is 13.8 Å². The number of hydrogen-bond donors (Lipinski definition) is 2. The Hall–Kier alpha value is -3.21. The number of aromatic amines is 1. The van der Waals surface area contributed by atoms with Crippen molar-refractivity contribution in [3.8, 4) is 11.1 Å². The van der Waals surface area contributed by atoms with Crippen molar-refractivity contribution in [1.29, 1.82) is 0 Å². The third-order valence-corrected chi connectivity index (χ3v) is 4.17. The van der Waals surface area contributed by atoms with E-state index in [0.29, 0.717) is 5.57 Å². The summed E-state index contributed by atoms with van der Waals surface area (Å²) >= 11 is 0. The average Bonchev–Trinajstić information content (AvgIpc) is 3.07. The van der Waals surface area contributed by atoms with E-state index in [2.05, 4.69) is 26.3 Å². The minimum Gasteiger partial charge on any atom is -0.359 e. The predicted octanol–water partition coefficient (Wildman–Crippen LogP) is 3.58. The molecule has 0 spiro atoms. The normalized spacial score (nSPS) is 14.8. The number of fused-ring (bicyclic) bond motifs is 1. The number of anilines is 1. The van der Waals surface area contributed by atoms with Crippen molar-refractivity contribution in [2.75, 3.05) is 5.32 Å². The summed E-state index contributed by atoms with van der Waals surface area (Å²) in [6.07, 6.45) is 6.94. The van der Waals surface area contributed by atoms with Crippen LogP contribution < -0.4 is 5.32 Å². The standard InChI is InChI=1S/C19H16N4O/c1-11-5-12(2)22-18(11)7-16-15-6-13(14-8-20-10-21-9-14)3-4-17(15)23-19(16)24/h3-10,22H,1-2H3,(H,23,24)/b16-7-. The van der Waals surface area contributed by atoms with Crippen LogP contribution in [0, 0.1) is 13.8 Å². The summed E-state index contributed by atoms with van der Waals surface area (Å²) in [6.45, 7) is 4.03. The third-order valence-electron chi connectivity index (χ3n) is 4.17. The van der Waals surface area contributed by atoms with E-state index in [9.17, 15) is 4.79 Å². The molecule has 118 valence electrons. The van der Waals surface area contributed by atoms with Gasteiger partial charge in [0.2, 0.25) is 0 Å². The maximum absolute atomic E-state index is 12.4. The highest BCUT2D eigenvalue weighted by molar-refractivity contribution is 6.35. The summed E-state index contributed by atoms with van der Waals surface area (Å²) in [5.41, 5.74) is 7.44. The average molecular weight is 316 g/mol. The van der Waals surface area contributed by atoms with Crippen LogP contribution in [0.2, 0.25) is 0 Å². The summed E-state index contributed by atoms with van der Waals surface area (Å²) in [4.78, 5) is 23.8. The molecule has 4 rings (SSSR count). The highest BCUT2D eigenvalue weighted by Crippen LogP contribution is 2.36. The number of H-pyrrole nitrogens is 1. The van der Waals surface area contributed by atoms with Crippen molar-refractivity contribution in [2.24, 2.45) is 0 Å². The number of hydrogen-bond acceptors (Lipinski definition) is 3. The maximum Gasteiger partial charge on any atom is 0.256 e. The first-order chi connectivity index (χ1) is 11.6. The predicted molar refractivity (Wildman–Crippen MR) is 94.2 cm³/mol. The van der Waals surface area contributed by atoms with Crippen molar-refractivity contribution >= 4 is 23.2 Å². The Morgan fingerprint density at radius 3 is 2.54 bits per heavy atom. The van der Waals surface area contributed by atoms with Gasteiger partial charge in [0.1, 0.15) is 6.33 Å². The van der Waals surface area contributed by atoms with E-state index in [4.69, 9.17) is 0 Å². The summed E-state index contributed by atoms with van der Waals surface area (Å²) in [5, 5.41) is 2.92. The van der Waals surface area contributed by atoms with Crippen LogP contribution in [0.4, 0.5) is 5.69 Å². The van der Waals surface area contributed by atoms with Gasteiger partial charge in [-0.2, -0.15) is 0 Å². The Balaban J connectivity index is 1.83. The number of carbonyl (C=O) groups is 1. The van der Waals surface area contributed by atoms with E-state index in [0.717, 1.165) is 39.3 Å². The Bertz CT molecular complexity index is 970. The molecule has 0 radical (unpaired) electrons. The number of amides is 1. The Kier molecular flexibility index (Phi) is 3.27. The zero-order chi connectivity index (χ0) is 16.7. The van der Waals surface area contributed by atoms with Crippen LogP contribution >= 0.6 is 0 Å². The number of nitrogens with zero attached hydrogens (tertiary/aromatic N) is 2. The molecule has 1 aliphatic rings. The van der Waals surface area contributed by atoms with E-state index < -0.39 is 0 Å². The van der Waals surface area contributed by atoms with Gasteiger partial charge in [-0.25, -0.2) is 9.97 Å². The number of aromatic nitrogens is 3. The van der Waals surface area contributed by atoms with E-state index in [1.165, 1.54) is 6.33 Å². The number of aryl methyl sites for hydroxylation is 2. The first-order valence-electron chi connectivity index (χ1n) is 7.71. The molecule has 1 aromatic carbocycles. The van der Waals surface area contributed by atoms with Crippen molar-refractivity contribution in [1.82, 2.24) is 15.0 Å². The van der Waals surface area contributed by atoms with Crippen LogP contribution in [-0.2, 0) is 4.79 Å². The molecule has 2 N–H and O–H groups in total. The minimum absolute atomic E-state index is 0.0851. The smallest absolute Gasteiger partial charge is 0.256 e. The van der Waals surface area contributed by atoms with Crippen LogP contribution in [-0.4, -0.2) is 20.9 Å². The SMILES string of the molecule is Cc1cc(C)c(/C=C2\C(=O)Nc3ccc(-c4cncnc4)cc32)[nH]1. The summed E-state index contributed by atoms with van der Waals surface area (Å²) in [7, 11) is 0. The van der Waals surface area contributed by atoms with Gasteiger partial charge in [0.15, 0.2) is 0 Å². The fourth-order valence-corrected chi connectivity index (χ4v) is 3.00. The van der Waals surface area contributed by atoms with Gasteiger partial charge in [0, 0.05) is 40.6 Å². The molecule has 1 aliphatic heterocycles. The first-order valence-corrected chi connectivity index (χ1v) is 7.71. The van der Waals surface area contributed by atoms with Crippen LogP contribution in [0.1, 0.15) is 22.5 Å². The Morgan fingerprint density at radius 2 is 1.83 bits per heavy atom. The number of rotatable bonds is 2. The lowest BCUT2D eigenvalue weighted by Gasteiger charge is -2.04. The number of benzene rings is 1. The molecule has 1 amide bonds. The lowest BCUT2D eigenvalue weighted by atomic mass is 10.00. The number of carbonyl (C=O) groups excluding carboxylic acids is 1. The van der Waals surface area contributed by atoms with E-state index in [1.807, 2.05) is 38.1 Å². The topological polar surface area (TPSA) is 70.7 Å². The van der Waals surface area contributed by atoms with Gasteiger partial charge in [-0.05, 0) is 49.2 Å². The van der Waals surface area contributed by atoms with Crippen LogP contribution in [0.15, 0.2) is 43.0 Å². The van der Waals surface area contributed by atoms with Gasteiger partial charge < -0.3 is 10.3 Å². The van der Waals surface area contributed by atoms with Gasteiger partial charge in [0.05, 0.1) is 5.57 Å². The van der Waals surface area contributed by atoms with E-state index in [-0.39, 0.29) is 5.91 Å². The Labute approximate surface area is 139 Å². The monoisotopic (exact) mass is 316 g/mol. The molecule has 3 heterocycles. The third kappa shape index (κ3) is 2.40. The molecule has 0 unspecified atom stereocenters. The summed E-state index contributed by atoms with van der Waals surface area (Å²) < 4.78 is 0. The quantitative estimate of drug-likeness (QED) is 0.710. The fraction of sp³-hybridized carbons (Fsp3) is 0.105. The second-order valence-electron chi connectivity index (χ2n) is 5.95. The summed E-state index contributed by atoms with van der Waals surface area (Å²) in [6, 6.07) is 7.95. The molecule has 5 nitrogen and oxygen atoms in total. The first kappa shape index (κ1) is 14.4. The molecule has 0 fully saturated rings. The molecule has 2 aromatic heterocycles. The minimum atomic E-state index is -0.0851. The van der Waals surface area contributed by atoms with Crippen molar-refractivity contribution in [3.05, 3.63) is 65.5 Å². The lowest BCUT2D eigenvalue weighted by molar-refractivity contribution is -0.110. The molecule has 0 saturated carbocycles. The highest BCUT2D eigenvalue weighted by Gasteiger charge is 2.25. The van der Waals surface area contributed by atoms with Crippen molar-refractivity contribution < 1.29 is 4.79 Å². The molecular formula is C19H16N4O. The van der Waals surface area contributed by atoms with Crippen LogP contribution in [0.3, 0.4) is 0 Å². The molecule has 24 heavy (non-hydrogen) atoms. The molecule has 3 aromatic rings. The van der Waals surface area contributed by atoms with Gasteiger partial charge in [-0.1, -0.05) is 6.07 Å². The second-order valence-corrected chi connectivity index (χ2v) is 5.95. The zero-order valence-corrected chi connectivity index (χ0v) is 13.4.